The fourth-order valence-electron chi connectivity index (χ4n) is 3.23. The van der Waals surface area contributed by atoms with Crippen molar-refractivity contribution in [3.8, 4) is 11.3 Å². The number of pyridine rings is 1. The summed E-state index contributed by atoms with van der Waals surface area (Å²) in [5.74, 6) is -0.178. The largest absolute Gasteiger partial charge is 0.383 e. The Morgan fingerprint density at radius 3 is 2.63 bits per heavy atom. The lowest BCUT2D eigenvalue weighted by atomic mass is 10.1. The number of fused-ring (bicyclic) bond motifs is 1. The number of methoxy groups -OCH3 is 1. The van der Waals surface area contributed by atoms with Gasteiger partial charge in [-0.25, -0.2) is 9.67 Å². The van der Waals surface area contributed by atoms with Gasteiger partial charge in [0.2, 0.25) is 0 Å². The van der Waals surface area contributed by atoms with Gasteiger partial charge in [-0.15, -0.1) is 0 Å². The van der Waals surface area contributed by atoms with Crippen LogP contribution in [0.15, 0.2) is 66.9 Å². The van der Waals surface area contributed by atoms with Crippen molar-refractivity contribution >= 4 is 28.5 Å². The van der Waals surface area contributed by atoms with Crippen LogP contribution in [0.4, 0.5) is 0 Å². The molecule has 7 heteroatoms. The van der Waals surface area contributed by atoms with E-state index in [1.165, 1.54) is 0 Å². The number of aromatic nitrogens is 3. The number of ether oxygens (including phenoxy) is 1. The molecule has 1 amide bonds. The van der Waals surface area contributed by atoms with Crippen LogP contribution in [-0.4, -0.2) is 40.9 Å². The van der Waals surface area contributed by atoms with Gasteiger partial charge < -0.3 is 10.1 Å². The standard InChI is InChI=1S/C23H21ClN4O2/c1-30-12-11-25-23(29)19-13-21(17-5-3-2-4-6-17)27-22-20(19)14-26-28(22)15-16-7-9-18(24)10-8-16/h2-10,13-14H,11-12,15H2,1H3,(H,25,29). The number of halogens is 1. The van der Waals surface area contributed by atoms with Crippen LogP contribution in [0.1, 0.15) is 15.9 Å². The molecule has 2 heterocycles. The molecule has 0 radical (unpaired) electrons. The van der Waals surface area contributed by atoms with Crippen molar-refractivity contribution in [1.29, 1.82) is 0 Å². The first-order valence-electron chi connectivity index (χ1n) is 9.59. The maximum absolute atomic E-state index is 12.9. The lowest BCUT2D eigenvalue weighted by Gasteiger charge is -2.10. The number of carbonyl (C=O) groups is 1. The van der Waals surface area contributed by atoms with Gasteiger partial charge in [-0.3, -0.25) is 4.79 Å². The van der Waals surface area contributed by atoms with Gasteiger partial charge in [-0.2, -0.15) is 5.10 Å². The summed E-state index contributed by atoms with van der Waals surface area (Å²) in [6, 6.07) is 19.2. The molecule has 4 rings (SSSR count). The smallest absolute Gasteiger partial charge is 0.252 e. The van der Waals surface area contributed by atoms with E-state index in [0.717, 1.165) is 16.8 Å². The molecule has 0 aliphatic heterocycles. The molecule has 0 aliphatic rings. The molecular formula is C23H21ClN4O2. The van der Waals surface area contributed by atoms with Gasteiger partial charge in [0.15, 0.2) is 5.65 Å². The van der Waals surface area contributed by atoms with Crippen LogP contribution in [0.25, 0.3) is 22.3 Å². The molecule has 6 nitrogen and oxygen atoms in total. The number of hydrogen-bond acceptors (Lipinski definition) is 4. The molecule has 0 spiro atoms. The third-order valence-electron chi connectivity index (χ3n) is 4.76. The van der Waals surface area contributed by atoms with E-state index < -0.39 is 0 Å². The second-order valence-corrected chi connectivity index (χ2v) is 7.27. The van der Waals surface area contributed by atoms with Crippen molar-refractivity contribution in [3.63, 3.8) is 0 Å². The number of nitrogens with zero attached hydrogens (tertiary/aromatic N) is 3. The number of amides is 1. The maximum atomic E-state index is 12.9. The Hall–Kier alpha value is -3.22. The third kappa shape index (κ3) is 4.35. The Morgan fingerprint density at radius 1 is 1.13 bits per heavy atom. The molecule has 0 aliphatic carbocycles. The summed E-state index contributed by atoms with van der Waals surface area (Å²) in [5, 5.41) is 8.79. The first kappa shape index (κ1) is 20.1. The summed E-state index contributed by atoms with van der Waals surface area (Å²) in [5.41, 5.74) is 3.89. The fourth-order valence-corrected chi connectivity index (χ4v) is 3.36. The molecule has 4 aromatic rings. The van der Waals surface area contributed by atoms with Crippen LogP contribution < -0.4 is 5.32 Å². The summed E-state index contributed by atoms with van der Waals surface area (Å²) in [4.78, 5) is 17.7. The number of nitrogens with one attached hydrogen (secondary N) is 1. The van der Waals surface area contributed by atoms with Crippen LogP contribution in [0.2, 0.25) is 5.02 Å². The minimum Gasteiger partial charge on any atom is -0.383 e. The number of carbonyl (C=O) groups excluding carboxylic acids is 1. The second kappa shape index (κ2) is 9.07. The third-order valence-corrected chi connectivity index (χ3v) is 5.01. The highest BCUT2D eigenvalue weighted by atomic mass is 35.5. The summed E-state index contributed by atoms with van der Waals surface area (Å²) in [6.07, 6.45) is 1.69. The highest BCUT2D eigenvalue weighted by Crippen LogP contribution is 2.25. The Morgan fingerprint density at radius 2 is 1.90 bits per heavy atom. The van der Waals surface area contributed by atoms with Gasteiger partial charge >= 0.3 is 0 Å². The zero-order valence-corrected chi connectivity index (χ0v) is 17.3. The van der Waals surface area contributed by atoms with E-state index in [9.17, 15) is 4.79 Å². The zero-order chi connectivity index (χ0) is 20.9. The highest BCUT2D eigenvalue weighted by molar-refractivity contribution is 6.30. The molecule has 0 bridgehead atoms. The Bertz CT molecular complexity index is 1160. The van der Waals surface area contributed by atoms with Crippen molar-refractivity contribution < 1.29 is 9.53 Å². The van der Waals surface area contributed by atoms with Crippen LogP contribution in [0.5, 0.6) is 0 Å². The summed E-state index contributed by atoms with van der Waals surface area (Å²) in [6.45, 7) is 1.40. The minimum atomic E-state index is -0.178. The lowest BCUT2D eigenvalue weighted by molar-refractivity contribution is 0.0938. The molecule has 2 aromatic carbocycles. The fraction of sp³-hybridized carbons (Fsp3) is 0.174. The topological polar surface area (TPSA) is 69.0 Å². The van der Waals surface area contributed by atoms with E-state index in [1.807, 2.05) is 60.7 Å². The Kier molecular flexibility index (Phi) is 6.07. The van der Waals surface area contributed by atoms with E-state index >= 15 is 0 Å². The maximum Gasteiger partial charge on any atom is 0.252 e. The van der Waals surface area contributed by atoms with Crippen molar-refractivity contribution in [2.75, 3.05) is 20.3 Å². The van der Waals surface area contributed by atoms with Crippen molar-refractivity contribution in [2.45, 2.75) is 6.54 Å². The zero-order valence-electron chi connectivity index (χ0n) is 16.5. The monoisotopic (exact) mass is 420 g/mol. The molecule has 0 saturated heterocycles. The van der Waals surface area contributed by atoms with E-state index in [-0.39, 0.29) is 5.91 Å². The van der Waals surface area contributed by atoms with Gasteiger partial charge in [-0.1, -0.05) is 54.1 Å². The lowest BCUT2D eigenvalue weighted by Crippen LogP contribution is -2.27. The van der Waals surface area contributed by atoms with Crippen molar-refractivity contribution in [2.24, 2.45) is 0 Å². The van der Waals surface area contributed by atoms with E-state index in [4.69, 9.17) is 21.3 Å². The molecule has 2 aromatic heterocycles. The SMILES string of the molecule is COCCNC(=O)c1cc(-c2ccccc2)nc2c1cnn2Cc1ccc(Cl)cc1. The molecule has 30 heavy (non-hydrogen) atoms. The van der Waals surface area contributed by atoms with Gasteiger partial charge in [0.25, 0.3) is 5.91 Å². The predicted molar refractivity (Wildman–Crippen MR) is 118 cm³/mol. The normalized spacial score (nSPS) is 11.0. The van der Waals surface area contributed by atoms with Crippen molar-refractivity contribution in [3.05, 3.63) is 83.0 Å². The van der Waals surface area contributed by atoms with Crippen LogP contribution in [0, 0.1) is 0 Å². The van der Waals surface area contributed by atoms with E-state index in [2.05, 4.69) is 10.4 Å². The molecule has 0 fully saturated rings. The predicted octanol–water partition coefficient (Wildman–Crippen LogP) is 4.18. The summed E-state index contributed by atoms with van der Waals surface area (Å²) in [7, 11) is 1.60. The van der Waals surface area contributed by atoms with Crippen LogP contribution in [0.3, 0.4) is 0 Å². The van der Waals surface area contributed by atoms with Crippen LogP contribution >= 0.6 is 11.6 Å². The molecule has 0 unspecified atom stereocenters. The average molecular weight is 421 g/mol. The quantitative estimate of drug-likeness (QED) is 0.455. The number of rotatable bonds is 7. The average Bonchev–Trinajstić information content (AvgIpc) is 3.18. The Balaban J connectivity index is 1.78. The van der Waals surface area contributed by atoms with Crippen LogP contribution in [-0.2, 0) is 11.3 Å². The first-order valence-corrected chi connectivity index (χ1v) is 9.97. The number of benzene rings is 2. The molecule has 1 N–H and O–H groups in total. The van der Waals surface area contributed by atoms with E-state index in [0.29, 0.717) is 41.3 Å². The molecular weight excluding hydrogens is 400 g/mol. The first-order chi connectivity index (χ1) is 14.7. The van der Waals surface area contributed by atoms with Gasteiger partial charge in [0.1, 0.15) is 0 Å². The van der Waals surface area contributed by atoms with Gasteiger partial charge in [0, 0.05) is 24.2 Å². The van der Waals surface area contributed by atoms with Crippen molar-refractivity contribution in [1.82, 2.24) is 20.1 Å². The van der Waals surface area contributed by atoms with E-state index in [1.54, 1.807) is 18.0 Å². The van der Waals surface area contributed by atoms with Gasteiger partial charge in [-0.05, 0) is 23.8 Å². The highest BCUT2D eigenvalue weighted by Gasteiger charge is 2.17. The Labute approximate surface area is 179 Å². The molecule has 152 valence electrons. The molecule has 0 saturated carbocycles. The summed E-state index contributed by atoms with van der Waals surface area (Å²) < 4.78 is 6.84. The second-order valence-electron chi connectivity index (χ2n) is 6.84. The summed E-state index contributed by atoms with van der Waals surface area (Å²) >= 11 is 6.00. The number of hydrogen-bond donors (Lipinski definition) is 1. The van der Waals surface area contributed by atoms with Gasteiger partial charge in [0.05, 0.1) is 36.0 Å². The minimum absolute atomic E-state index is 0.178. The molecule has 0 atom stereocenters.